The lowest BCUT2D eigenvalue weighted by atomic mass is 9.69. The summed E-state index contributed by atoms with van der Waals surface area (Å²) in [7, 11) is 0. The van der Waals surface area contributed by atoms with Crippen molar-refractivity contribution in [3.63, 3.8) is 0 Å². The van der Waals surface area contributed by atoms with Gasteiger partial charge in [0.2, 0.25) is 0 Å². The van der Waals surface area contributed by atoms with Gasteiger partial charge < -0.3 is 9.47 Å². The summed E-state index contributed by atoms with van der Waals surface area (Å²) in [5, 5.41) is 2.54. The van der Waals surface area contributed by atoms with Gasteiger partial charge in [-0.1, -0.05) is 189 Å². The lowest BCUT2D eigenvalue weighted by Gasteiger charge is -2.31. The summed E-state index contributed by atoms with van der Waals surface area (Å²) in [6.45, 7) is 8.86. The first-order valence-corrected chi connectivity index (χ1v) is 22.1. The van der Waals surface area contributed by atoms with Crippen molar-refractivity contribution in [3.05, 3.63) is 283 Å². The Kier molecular flexibility index (Phi) is 8.81. The third-order valence-electron chi connectivity index (χ3n) is 13.6. The van der Waals surface area contributed by atoms with E-state index in [1.807, 2.05) is 6.08 Å². The highest BCUT2D eigenvalue weighted by molar-refractivity contribution is 6.09. The highest BCUT2D eigenvalue weighted by atomic mass is 15.1. The van der Waals surface area contributed by atoms with Crippen LogP contribution in [-0.4, -0.2) is 4.57 Å². The van der Waals surface area contributed by atoms with Crippen molar-refractivity contribution in [2.45, 2.75) is 11.8 Å². The predicted molar refractivity (Wildman–Crippen MR) is 270 cm³/mol. The van der Waals surface area contributed by atoms with Crippen LogP contribution in [0.15, 0.2) is 261 Å². The Hall–Kier alpha value is -8.20. The molecule has 1 aromatic heterocycles. The zero-order valence-electron chi connectivity index (χ0n) is 35.5. The number of hydrogen-bond acceptors (Lipinski definition) is 1. The molecule has 3 aliphatic carbocycles. The van der Waals surface area contributed by atoms with Gasteiger partial charge in [-0.05, 0) is 121 Å². The molecule has 0 saturated carbocycles. The maximum absolute atomic E-state index is 4.68. The van der Waals surface area contributed by atoms with Crippen LogP contribution in [0, 0.1) is 0 Å². The van der Waals surface area contributed by atoms with Crippen molar-refractivity contribution in [1.29, 1.82) is 0 Å². The highest BCUT2D eigenvalue weighted by Gasteiger charge is 2.53. The molecule has 3 aliphatic rings. The number of rotatable bonds is 7. The fourth-order valence-corrected chi connectivity index (χ4v) is 10.8. The van der Waals surface area contributed by atoms with Gasteiger partial charge in [-0.3, -0.25) is 0 Å². The molecule has 2 nitrogen and oxygen atoms in total. The van der Waals surface area contributed by atoms with Gasteiger partial charge in [0.05, 0.1) is 16.4 Å². The van der Waals surface area contributed by atoms with Gasteiger partial charge in [-0.25, -0.2) is 0 Å². The molecule has 2 heteroatoms. The number of benzene rings is 8. The number of aromatic nitrogens is 1. The minimum absolute atomic E-state index is 0.493. The monoisotopic (exact) mass is 816 g/mol. The minimum Gasteiger partial charge on any atom is -0.314 e. The summed E-state index contributed by atoms with van der Waals surface area (Å²) >= 11 is 0. The molecule has 1 atom stereocenters. The number of allylic oxidation sites excluding steroid dienone is 9. The van der Waals surface area contributed by atoms with Crippen molar-refractivity contribution in [2.75, 3.05) is 4.90 Å². The summed E-state index contributed by atoms with van der Waals surface area (Å²) in [4.78, 5) is 2.46. The molecule has 0 bridgehead atoms. The molecule has 0 amide bonds. The first kappa shape index (κ1) is 37.6. The first-order valence-electron chi connectivity index (χ1n) is 22.1. The lowest BCUT2D eigenvalue weighted by molar-refractivity contribution is 0.787. The number of hydrogen-bond donors (Lipinski definition) is 0. The van der Waals surface area contributed by atoms with Crippen molar-refractivity contribution < 1.29 is 0 Å². The number of para-hydroxylation sites is 2. The lowest BCUT2D eigenvalue weighted by Crippen LogP contribution is -2.26. The van der Waals surface area contributed by atoms with E-state index in [1.54, 1.807) is 0 Å². The smallest absolute Gasteiger partial charge is 0.0725 e. The van der Waals surface area contributed by atoms with E-state index in [0.717, 1.165) is 29.1 Å². The third kappa shape index (κ3) is 5.66. The van der Waals surface area contributed by atoms with E-state index >= 15 is 0 Å². The second kappa shape index (κ2) is 15.0. The van der Waals surface area contributed by atoms with Crippen LogP contribution in [0.5, 0.6) is 0 Å². The van der Waals surface area contributed by atoms with E-state index < -0.39 is 5.41 Å². The first-order chi connectivity index (χ1) is 31.6. The van der Waals surface area contributed by atoms with E-state index in [2.05, 4.69) is 247 Å². The standard InChI is InChI=1S/C62H44N2/c1-3-17-56-42(2)51-23-7-11-27-57(51)62(56)58-28-12-8-24-52(58)55-41-50(22-16-29-59(55)62)63(49-21-15-20-46(40-49)43-18-5-4-6-19-43)47-36-32-44(33-37-47)45-34-38-48(39-35-45)64-60-30-13-9-25-53(60)54-26-10-14-31-61(54)64/h3-21,23-41H,1-2,22H2/b56-17+. The van der Waals surface area contributed by atoms with Crippen LogP contribution in [0.1, 0.15) is 28.7 Å². The summed E-state index contributed by atoms with van der Waals surface area (Å²) in [5.41, 5.74) is 21.0. The summed E-state index contributed by atoms with van der Waals surface area (Å²) in [5.74, 6) is 0. The molecule has 1 spiro atoms. The minimum atomic E-state index is -0.493. The van der Waals surface area contributed by atoms with Crippen LogP contribution in [0.2, 0.25) is 0 Å². The van der Waals surface area contributed by atoms with E-state index in [1.165, 1.54) is 88.7 Å². The van der Waals surface area contributed by atoms with Crippen LogP contribution in [0.3, 0.4) is 0 Å². The van der Waals surface area contributed by atoms with Gasteiger partial charge in [0, 0.05) is 40.0 Å². The molecule has 0 radical (unpaired) electrons. The van der Waals surface area contributed by atoms with E-state index in [0.29, 0.717) is 0 Å². The van der Waals surface area contributed by atoms with Crippen molar-refractivity contribution in [1.82, 2.24) is 4.57 Å². The normalized spacial score (nSPS) is 16.8. The molecule has 302 valence electrons. The number of nitrogens with zero attached hydrogens (tertiary/aromatic N) is 2. The maximum atomic E-state index is 4.68. The Morgan fingerprint density at radius 3 is 1.81 bits per heavy atom. The molecular weight excluding hydrogens is 773 g/mol. The molecule has 12 rings (SSSR count). The predicted octanol–water partition coefficient (Wildman–Crippen LogP) is 16.0. The van der Waals surface area contributed by atoms with Gasteiger partial charge in [-0.15, -0.1) is 0 Å². The maximum Gasteiger partial charge on any atom is 0.0725 e. The van der Waals surface area contributed by atoms with Gasteiger partial charge in [0.15, 0.2) is 0 Å². The summed E-state index contributed by atoms with van der Waals surface area (Å²) in [6.07, 6.45) is 12.0. The Bertz CT molecular complexity index is 3430. The fourth-order valence-electron chi connectivity index (χ4n) is 10.8. The summed E-state index contributed by atoms with van der Waals surface area (Å²) < 4.78 is 2.37. The van der Waals surface area contributed by atoms with E-state index in [4.69, 9.17) is 0 Å². The molecule has 1 unspecified atom stereocenters. The number of anilines is 2. The fraction of sp³-hybridized carbons (Fsp3) is 0.0323. The molecule has 8 aromatic carbocycles. The number of fused-ring (bicyclic) bond motifs is 9. The largest absolute Gasteiger partial charge is 0.314 e. The topological polar surface area (TPSA) is 8.17 Å². The highest BCUT2D eigenvalue weighted by Crippen LogP contribution is 2.63. The molecule has 0 fully saturated rings. The van der Waals surface area contributed by atoms with Gasteiger partial charge in [0.25, 0.3) is 0 Å². The average Bonchev–Trinajstić information content (AvgIpc) is 3.84. The molecule has 9 aromatic rings. The van der Waals surface area contributed by atoms with Crippen LogP contribution < -0.4 is 4.90 Å². The molecular formula is C62H44N2. The zero-order valence-corrected chi connectivity index (χ0v) is 35.5. The second-order valence-electron chi connectivity index (χ2n) is 16.9. The van der Waals surface area contributed by atoms with Crippen LogP contribution >= 0.6 is 0 Å². The SMILES string of the molecule is C=C/C=C1\C(=C)c2ccccc2C12C1=C(C=C(N(c3ccc(-c4ccc(-n5c6ccccc6c6ccccc65)cc4)cc3)c3cccc(-c4ccccc4)c3)CC=C1)c1ccccc12. The van der Waals surface area contributed by atoms with Crippen LogP contribution in [0.25, 0.3) is 60.9 Å². The van der Waals surface area contributed by atoms with Crippen molar-refractivity contribution in [2.24, 2.45) is 0 Å². The Balaban J connectivity index is 0.985. The quantitative estimate of drug-likeness (QED) is 0.156. The molecule has 0 N–H and O–H groups in total. The Labute approximate surface area is 374 Å². The molecule has 0 aliphatic heterocycles. The van der Waals surface area contributed by atoms with Crippen molar-refractivity contribution in [3.8, 4) is 27.9 Å². The Morgan fingerprint density at radius 2 is 1.11 bits per heavy atom. The van der Waals surface area contributed by atoms with Crippen LogP contribution in [-0.2, 0) is 5.41 Å². The van der Waals surface area contributed by atoms with Crippen molar-refractivity contribution >= 4 is 44.3 Å². The van der Waals surface area contributed by atoms with Crippen LogP contribution in [0.4, 0.5) is 11.4 Å². The zero-order chi connectivity index (χ0) is 42.8. The van der Waals surface area contributed by atoms with E-state index in [9.17, 15) is 0 Å². The van der Waals surface area contributed by atoms with Gasteiger partial charge >= 0.3 is 0 Å². The second-order valence-corrected chi connectivity index (χ2v) is 16.9. The van der Waals surface area contributed by atoms with E-state index in [-0.39, 0.29) is 0 Å². The molecule has 0 saturated heterocycles. The third-order valence-corrected chi connectivity index (χ3v) is 13.6. The Morgan fingerprint density at radius 1 is 0.531 bits per heavy atom. The van der Waals surface area contributed by atoms with Gasteiger partial charge in [0.1, 0.15) is 0 Å². The summed E-state index contributed by atoms with van der Waals surface area (Å²) in [6, 6.07) is 72.8. The molecule has 1 heterocycles. The van der Waals surface area contributed by atoms with Gasteiger partial charge in [-0.2, -0.15) is 0 Å². The average molecular weight is 817 g/mol. The molecule has 64 heavy (non-hydrogen) atoms.